The normalized spacial score (nSPS) is 17.1. The second-order valence-corrected chi connectivity index (χ2v) is 6.93. The molecule has 1 atom stereocenters. The first kappa shape index (κ1) is 16.1. The molecule has 1 unspecified atom stereocenters. The molecule has 0 bridgehead atoms. The summed E-state index contributed by atoms with van der Waals surface area (Å²) in [6.07, 6.45) is 0. The van der Waals surface area contributed by atoms with Gasteiger partial charge in [0.05, 0.1) is 11.5 Å². The summed E-state index contributed by atoms with van der Waals surface area (Å²) in [5.74, 6) is -0.664. The highest BCUT2D eigenvalue weighted by Crippen LogP contribution is 2.36. The van der Waals surface area contributed by atoms with Gasteiger partial charge in [-0.2, -0.15) is 0 Å². The fourth-order valence-corrected chi connectivity index (χ4v) is 2.77. The Hall–Kier alpha value is -1.31. The largest absolute Gasteiger partial charge is 0.492 e. The van der Waals surface area contributed by atoms with Crippen molar-refractivity contribution in [3.8, 4) is 5.75 Å². The van der Waals surface area contributed by atoms with Crippen molar-refractivity contribution in [3.63, 3.8) is 0 Å². The molecule has 0 saturated heterocycles. The van der Waals surface area contributed by atoms with E-state index in [1.54, 1.807) is 0 Å². The molecule has 1 aliphatic heterocycles. The van der Waals surface area contributed by atoms with Crippen molar-refractivity contribution in [2.45, 2.75) is 17.7 Å². The molecular formula is C13H15ClO6S. The van der Waals surface area contributed by atoms with Gasteiger partial charge in [-0.1, -0.05) is 0 Å². The number of benzene rings is 1. The Bertz CT molecular complexity index is 628. The van der Waals surface area contributed by atoms with Gasteiger partial charge in [0, 0.05) is 22.9 Å². The number of esters is 1. The maximum atomic E-state index is 12.0. The zero-order chi connectivity index (χ0) is 15.5. The van der Waals surface area contributed by atoms with Gasteiger partial charge in [-0.15, -0.1) is 0 Å². The molecule has 116 valence electrons. The molecule has 1 aromatic rings. The molecule has 0 spiro atoms. The summed E-state index contributed by atoms with van der Waals surface area (Å²) in [4.78, 5) is 11.9. The van der Waals surface area contributed by atoms with Gasteiger partial charge in [0.1, 0.15) is 24.9 Å². The Balaban J connectivity index is 2.11. The number of rotatable bonds is 6. The zero-order valence-electron chi connectivity index (χ0n) is 11.4. The predicted molar refractivity (Wildman–Crippen MR) is 75.2 cm³/mol. The van der Waals surface area contributed by atoms with Crippen LogP contribution in [0.25, 0.3) is 0 Å². The molecule has 21 heavy (non-hydrogen) atoms. The van der Waals surface area contributed by atoms with Crippen molar-refractivity contribution >= 4 is 25.7 Å². The monoisotopic (exact) mass is 334 g/mol. The molecule has 0 fully saturated rings. The van der Waals surface area contributed by atoms with Gasteiger partial charge in [-0.05, 0) is 25.1 Å². The molecule has 8 heteroatoms. The van der Waals surface area contributed by atoms with Gasteiger partial charge in [0.15, 0.2) is 0 Å². The maximum Gasteiger partial charge on any atom is 0.317 e. The van der Waals surface area contributed by atoms with Crippen LogP contribution in [0.4, 0.5) is 0 Å². The lowest BCUT2D eigenvalue weighted by Gasteiger charge is -2.10. The summed E-state index contributed by atoms with van der Waals surface area (Å²) < 4.78 is 38.2. The van der Waals surface area contributed by atoms with Crippen LogP contribution in [0.2, 0.25) is 0 Å². The van der Waals surface area contributed by atoms with Crippen molar-refractivity contribution in [3.05, 3.63) is 23.8 Å². The van der Waals surface area contributed by atoms with E-state index in [2.05, 4.69) is 0 Å². The van der Waals surface area contributed by atoms with Crippen molar-refractivity contribution in [2.24, 2.45) is 0 Å². The van der Waals surface area contributed by atoms with Crippen LogP contribution in [-0.2, 0) is 23.3 Å². The fraction of sp³-hybridized carbons (Fsp3) is 0.462. The van der Waals surface area contributed by atoms with Crippen LogP contribution in [0, 0.1) is 0 Å². The highest BCUT2D eigenvalue weighted by atomic mass is 35.7. The third-order valence-corrected chi connectivity index (χ3v) is 4.36. The van der Waals surface area contributed by atoms with Crippen LogP contribution in [0.3, 0.4) is 0 Å². The number of hydrogen-bond acceptors (Lipinski definition) is 6. The lowest BCUT2D eigenvalue weighted by molar-refractivity contribution is -0.147. The molecule has 0 aromatic heterocycles. The summed E-state index contributed by atoms with van der Waals surface area (Å²) in [5.41, 5.74) is 0.470. The van der Waals surface area contributed by atoms with E-state index in [-0.39, 0.29) is 18.1 Å². The van der Waals surface area contributed by atoms with Crippen molar-refractivity contribution < 1.29 is 27.4 Å². The SMILES string of the molecule is CCOCCOC(=O)C1COc2ccc(S(=O)(=O)Cl)cc21. The van der Waals surface area contributed by atoms with Crippen molar-refractivity contribution in [2.75, 3.05) is 26.4 Å². The zero-order valence-corrected chi connectivity index (χ0v) is 12.9. The Kier molecular flexibility index (Phi) is 5.08. The molecule has 6 nitrogen and oxygen atoms in total. The number of carbonyl (C=O) groups is 1. The minimum atomic E-state index is -3.85. The second kappa shape index (κ2) is 6.64. The molecule has 1 heterocycles. The average molecular weight is 335 g/mol. The Labute approximate surface area is 127 Å². The molecule has 0 radical (unpaired) electrons. The quantitative estimate of drug-likeness (QED) is 0.447. The van der Waals surface area contributed by atoms with E-state index >= 15 is 0 Å². The first-order chi connectivity index (χ1) is 9.93. The summed E-state index contributed by atoms with van der Waals surface area (Å²) in [5, 5.41) is 0. The van der Waals surface area contributed by atoms with Crippen molar-refractivity contribution in [1.82, 2.24) is 0 Å². The highest BCUT2D eigenvalue weighted by Gasteiger charge is 2.32. The summed E-state index contributed by atoms with van der Waals surface area (Å²) >= 11 is 0. The van der Waals surface area contributed by atoms with E-state index in [0.29, 0.717) is 24.5 Å². The molecular weight excluding hydrogens is 320 g/mol. The van der Waals surface area contributed by atoms with Crippen LogP contribution in [-0.4, -0.2) is 40.8 Å². The lowest BCUT2D eigenvalue weighted by Crippen LogP contribution is -2.19. The van der Waals surface area contributed by atoms with Crippen LogP contribution < -0.4 is 4.74 Å². The second-order valence-electron chi connectivity index (χ2n) is 4.37. The van der Waals surface area contributed by atoms with Crippen LogP contribution in [0.15, 0.2) is 23.1 Å². The van der Waals surface area contributed by atoms with E-state index in [1.165, 1.54) is 18.2 Å². The third-order valence-electron chi connectivity index (χ3n) is 3.00. The van der Waals surface area contributed by atoms with Gasteiger partial charge in [-0.25, -0.2) is 8.42 Å². The number of ether oxygens (including phenoxy) is 3. The molecule has 0 aliphatic carbocycles. The summed E-state index contributed by atoms with van der Waals surface area (Å²) in [7, 11) is 1.45. The molecule has 1 aliphatic rings. The van der Waals surface area contributed by atoms with Crippen LogP contribution in [0.5, 0.6) is 5.75 Å². The van der Waals surface area contributed by atoms with Gasteiger partial charge < -0.3 is 14.2 Å². The highest BCUT2D eigenvalue weighted by molar-refractivity contribution is 8.13. The van der Waals surface area contributed by atoms with Crippen molar-refractivity contribution in [1.29, 1.82) is 0 Å². The molecule has 0 amide bonds. The Morgan fingerprint density at radius 3 is 2.86 bits per heavy atom. The minimum Gasteiger partial charge on any atom is -0.492 e. The van der Waals surface area contributed by atoms with Gasteiger partial charge in [0.25, 0.3) is 9.05 Å². The average Bonchev–Trinajstić information content (AvgIpc) is 2.85. The molecule has 2 rings (SSSR count). The van der Waals surface area contributed by atoms with Crippen LogP contribution in [0.1, 0.15) is 18.4 Å². The fourth-order valence-electron chi connectivity index (χ4n) is 1.99. The maximum absolute atomic E-state index is 12.0. The summed E-state index contributed by atoms with van der Waals surface area (Å²) in [6.45, 7) is 2.97. The van der Waals surface area contributed by atoms with Gasteiger partial charge in [-0.3, -0.25) is 4.79 Å². The Morgan fingerprint density at radius 2 is 2.19 bits per heavy atom. The smallest absolute Gasteiger partial charge is 0.317 e. The van der Waals surface area contributed by atoms with E-state index < -0.39 is 20.9 Å². The predicted octanol–water partition coefficient (Wildman–Crippen LogP) is 1.67. The first-order valence-electron chi connectivity index (χ1n) is 6.39. The standard InChI is InChI=1S/C13H15ClO6S/c1-2-18-5-6-19-13(15)11-8-20-12-4-3-9(7-10(11)12)21(14,16)17/h3-4,7,11H,2,5-6,8H2,1H3. The van der Waals surface area contributed by atoms with Gasteiger partial charge in [0.2, 0.25) is 0 Å². The number of halogens is 1. The summed E-state index contributed by atoms with van der Waals surface area (Å²) in [6, 6.07) is 4.17. The molecule has 1 aromatic carbocycles. The van der Waals surface area contributed by atoms with E-state index in [4.69, 9.17) is 24.9 Å². The van der Waals surface area contributed by atoms with E-state index in [9.17, 15) is 13.2 Å². The Morgan fingerprint density at radius 1 is 1.43 bits per heavy atom. The number of fused-ring (bicyclic) bond motifs is 1. The number of carbonyl (C=O) groups excluding carboxylic acids is 1. The third kappa shape index (κ3) is 3.87. The molecule has 0 saturated carbocycles. The van der Waals surface area contributed by atoms with Gasteiger partial charge >= 0.3 is 5.97 Å². The first-order valence-corrected chi connectivity index (χ1v) is 8.70. The number of hydrogen-bond donors (Lipinski definition) is 0. The van der Waals surface area contributed by atoms with Crippen LogP contribution >= 0.6 is 10.7 Å². The van der Waals surface area contributed by atoms with E-state index in [1.807, 2.05) is 6.92 Å². The minimum absolute atomic E-state index is 0.0690. The molecule has 0 N–H and O–H groups in total. The lowest BCUT2D eigenvalue weighted by atomic mass is 10.0. The van der Waals surface area contributed by atoms with E-state index in [0.717, 1.165) is 0 Å². The topological polar surface area (TPSA) is 78.9 Å².